The topological polar surface area (TPSA) is 44.1 Å². The van der Waals surface area contributed by atoms with Crippen LogP contribution in [-0.2, 0) is 0 Å². The van der Waals surface area contributed by atoms with E-state index in [1.54, 1.807) is 3.58 Å². The number of benzene rings is 1. The second-order valence-corrected chi connectivity index (χ2v) is 19.8. The minimum atomic E-state index is -2.33. The Morgan fingerprint density at radius 2 is 1.27 bits per heavy atom. The van der Waals surface area contributed by atoms with Crippen molar-refractivity contribution in [3.63, 3.8) is 0 Å². The van der Waals surface area contributed by atoms with E-state index in [1.807, 2.05) is 12.1 Å². The van der Waals surface area contributed by atoms with Crippen molar-refractivity contribution in [3.8, 4) is 0 Å². The number of unbranched alkanes of at least 4 members (excludes halogenated alkanes) is 3. The summed E-state index contributed by atoms with van der Waals surface area (Å²) in [6, 6.07) is 8.37. The summed E-state index contributed by atoms with van der Waals surface area (Å²) in [6.07, 6.45) is 7.95. The van der Waals surface area contributed by atoms with Crippen LogP contribution in [-0.4, -0.2) is 29.4 Å². The first-order valence-electron chi connectivity index (χ1n) is 8.98. The van der Waals surface area contributed by atoms with Crippen molar-refractivity contribution in [2.75, 3.05) is 0 Å². The third-order valence-electron chi connectivity index (χ3n) is 4.80. The van der Waals surface area contributed by atoms with Crippen LogP contribution in [0.1, 0.15) is 64.9 Å². The van der Waals surface area contributed by atoms with E-state index < -0.39 is 18.4 Å². The van der Waals surface area contributed by atoms with Crippen LogP contribution in [0.5, 0.6) is 0 Å². The Hall–Kier alpha value is -0.511. The molecule has 1 aromatic carbocycles. The zero-order valence-corrected chi connectivity index (χ0v) is 17.5. The van der Waals surface area contributed by atoms with Crippen LogP contribution < -0.4 is 3.58 Å². The molecule has 0 aliphatic carbocycles. The number of nitrogens with one attached hydrogen (secondary N) is 1. The van der Waals surface area contributed by atoms with Crippen LogP contribution in [0.3, 0.4) is 0 Å². The molecule has 0 heterocycles. The Labute approximate surface area is 140 Å². The molecule has 0 bridgehead atoms. The van der Waals surface area contributed by atoms with Crippen LogP contribution in [0.4, 0.5) is 0 Å². The van der Waals surface area contributed by atoms with Gasteiger partial charge in [-0.3, -0.25) is 0 Å². The summed E-state index contributed by atoms with van der Waals surface area (Å²) in [7, 11) is 0. The summed E-state index contributed by atoms with van der Waals surface area (Å²) in [5, 5.41) is 16.7. The van der Waals surface area contributed by atoms with E-state index in [9.17, 15) is 5.11 Å². The molecule has 2 nitrogen and oxygen atoms in total. The molecule has 0 saturated heterocycles. The Balaban J connectivity index is 3.09. The van der Waals surface area contributed by atoms with Crippen molar-refractivity contribution in [1.29, 1.82) is 5.41 Å². The van der Waals surface area contributed by atoms with Crippen LogP contribution in [0.2, 0.25) is 13.3 Å². The molecule has 0 fully saturated rings. The molecule has 3 heteroatoms. The summed E-state index contributed by atoms with van der Waals surface area (Å²) in [4.78, 5) is 0. The molecule has 0 saturated carbocycles. The molecule has 0 aliphatic heterocycles. The third-order valence-corrected chi connectivity index (χ3v) is 20.5. The first-order valence-corrected chi connectivity index (χ1v) is 16.5. The van der Waals surface area contributed by atoms with Crippen molar-refractivity contribution in [1.82, 2.24) is 0 Å². The monoisotopic (exact) mass is 411 g/mol. The van der Waals surface area contributed by atoms with Gasteiger partial charge in [-0.1, -0.05) is 0 Å². The van der Waals surface area contributed by atoms with Crippen molar-refractivity contribution in [2.24, 2.45) is 0 Å². The maximum absolute atomic E-state index is 9.34. The molecule has 0 spiro atoms. The molecule has 124 valence electrons. The van der Waals surface area contributed by atoms with E-state index in [0.29, 0.717) is 5.56 Å². The van der Waals surface area contributed by atoms with E-state index in [2.05, 4.69) is 32.9 Å². The van der Waals surface area contributed by atoms with E-state index in [0.717, 1.165) is 0 Å². The fourth-order valence-corrected chi connectivity index (χ4v) is 19.3. The fraction of sp³-hybridized carbons (Fsp3) is 0.632. The number of hydrogen-bond acceptors (Lipinski definition) is 1. The molecule has 0 atom stereocenters. The van der Waals surface area contributed by atoms with Gasteiger partial charge >= 0.3 is 141 Å². The molecular formula is C19H33NOSn. The number of hydrogen-bond donors (Lipinski definition) is 2. The van der Waals surface area contributed by atoms with Crippen LogP contribution in [0, 0.1) is 5.41 Å². The molecule has 2 N–H and O–H groups in total. The van der Waals surface area contributed by atoms with Gasteiger partial charge in [0.15, 0.2) is 0 Å². The van der Waals surface area contributed by atoms with E-state index >= 15 is 0 Å². The van der Waals surface area contributed by atoms with Crippen LogP contribution in [0.15, 0.2) is 24.3 Å². The Morgan fingerprint density at radius 1 is 0.864 bits per heavy atom. The predicted molar refractivity (Wildman–Crippen MR) is 100 cm³/mol. The van der Waals surface area contributed by atoms with E-state index in [1.165, 1.54) is 51.8 Å². The second kappa shape index (κ2) is 10.3. The van der Waals surface area contributed by atoms with Gasteiger partial charge in [0, 0.05) is 0 Å². The van der Waals surface area contributed by atoms with Crippen molar-refractivity contribution >= 4 is 27.9 Å². The van der Waals surface area contributed by atoms with Gasteiger partial charge in [-0.2, -0.15) is 0 Å². The zero-order valence-electron chi connectivity index (χ0n) is 14.6. The Kier molecular flexibility index (Phi) is 9.14. The molecule has 0 aliphatic rings. The molecule has 0 unspecified atom stereocenters. The summed E-state index contributed by atoms with van der Waals surface area (Å²) in [5.74, 6) is -0.317. The second-order valence-electron chi connectivity index (χ2n) is 6.52. The van der Waals surface area contributed by atoms with Gasteiger partial charge in [0.05, 0.1) is 0 Å². The summed E-state index contributed by atoms with van der Waals surface area (Å²) in [5.41, 5.74) is 0.644. The van der Waals surface area contributed by atoms with Crippen molar-refractivity contribution in [2.45, 2.75) is 72.6 Å². The maximum atomic E-state index is 9.34. The van der Waals surface area contributed by atoms with Crippen LogP contribution in [0.25, 0.3) is 0 Å². The molecule has 22 heavy (non-hydrogen) atoms. The van der Waals surface area contributed by atoms with Crippen molar-refractivity contribution in [3.05, 3.63) is 29.8 Å². The van der Waals surface area contributed by atoms with Gasteiger partial charge in [-0.15, -0.1) is 0 Å². The zero-order chi connectivity index (χ0) is 16.4. The molecule has 0 radical (unpaired) electrons. The summed E-state index contributed by atoms with van der Waals surface area (Å²) < 4.78 is 5.98. The SMILES string of the molecule is CCC[CH2][Sn]([CH2]CCC)([CH2]CCC)[c]1ccc(C(=N)O)cc1. The van der Waals surface area contributed by atoms with Gasteiger partial charge < -0.3 is 0 Å². The first kappa shape index (κ1) is 19.5. The molecule has 0 amide bonds. The summed E-state index contributed by atoms with van der Waals surface area (Å²) >= 11 is -2.33. The minimum absolute atomic E-state index is 0.317. The van der Waals surface area contributed by atoms with Gasteiger partial charge in [0.25, 0.3) is 0 Å². The molecule has 1 rings (SSSR count). The van der Waals surface area contributed by atoms with Crippen molar-refractivity contribution < 1.29 is 5.11 Å². The number of aliphatic hydroxyl groups is 1. The van der Waals surface area contributed by atoms with Crippen LogP contribution >= 0.6 is 0 Å². The van der Waals surface area contributed by atoms with Gasteiger partial charge in [0.2, 0.25) is 0 Å². The number of aliphatic hydroxyl groups excluding tert-OH is 1. The quantitative estimate of drug-likeness (QED) is 0.277. The predicted octanol–water partition coefficient (Wildman–Crippen LogP) is 5.63. The van der Waals surface area contributed by atoms with Gasteiger partial charge in [0.1, 0.15) is 0 Å². The van der Waals surface area contributed by atoms with Gasteiger partial charge in [-0.05, 0) is 0 Å². The normalized spacial score (nSPS) is 11.6. The fourth-order valence-electron chi connectivity index (χ4n) is 3.34. The average Bonchev–Trinajstić information content (AvgIpc) is 2.54. The molecule has 1 aromatic rings. The Bertz CT molecular complexity index is 419. The van der Waals surface area contributed by atoms with Gasteiger partial charge in [-0.25, -0.2) is 0 Å². The standard InChI is InChI=1S/C7H6NO.3C4H9.Sn/c8-7(9)6-4-2-1-3-5-6;3*1-3-4-2;/h2-5H,(H2,8,9);3*1,3-4H2,2H3;. The van der Waals surface area contributed by atoms with E-state index in [4.69, 9.17) is 5.41 Å². The number of rotatable bonds is 11. The molecular weight excluding hydrogens is 377 g/mol. The average molecular weight is 410 g/mol. The summed E-state index contributed by atoms with van der Waals surface area (Å²) in [6.45, 7) is 6.89. The first-order chi connectivity index (χ1) is 10.6. The van der Waals surface area contributed by atoms with E-state index in [-0.39, 0.29) is 5.90 Å². The third kappa shape index (κ3) is 5.60. The Morgan fingerprint density at radius 3 is 1.59 bits per heavy atom. The molecule has 0 aromatic heterocycles.